The summed E-state index contributed by atoms with van der Waals surface area (Å²) in [6.07, 6.45) is 2.12. The second-order valence-corrected chi connectivity index (χ2v) is 5.21. The standard InChI is InChI=1S/C11H16N4S/c1-8-10(9-7-12-3-4-14(9)2)15-5-6-16-11(15)13-8/h5-6,9,12H,3-4,7H2,1-2H3. The van der Waals surface area contributed by atoms with Crippen LogP contribution in [0.4, 0.5) is 0 Å². The molecule has 1 saturated heterocycles. The summed E-state index contributed by atoms with van der Waals surface area (Å²) in [6.45, 7) is 5.30. The van der Waals surface area contributed by atoms with Crippen molar-refractivity contribution in [2.75, 3.05) is 26.7 Å². The molecular formula is C11H16N4S. The number of hydrogen-bond acceptors (Lipinski definition) is 4. The van der Waals surface area contributed by atoms with E-state index in [0.717, 1.165) is 30.3 Å². The van der Waals surface area contributed by atoms with Crippen LogP contribution in [-0.4, -0.2) is 41.0 Å². The van der Waals surface area contributed by atoms with Gasteiger partial charge < -0.3 is 5.32 Å². The maximum absolute atomic E-state index is 4.61. The lowest BCUT2D eigenvalue weighted by atomic mass is 10.1. The van der Waals surface area contributed by atoms with Gasteiger partial charge in [0.15, 0.2) is 4.96 Å². The quantitative estimate of drug-likeness (QED) is 0.809. The molecular weight excluding hydrogens is 220 g/mol. The Morgan fingerprint density at radius 2 is 2.44 bits per heavy atom. The maximum Gasteiger partial charge on any atom is 0.194 e. The Morgan fingerprint density at radius 3 is 3.25 bits per heavy atom. The van der Waals surface area contributed by atoms with Gasteiger partial charge in [0, 0.05) is 31.2 Å². The molecule has 3 heterocycles. The molecule has 0 bridgehead atoms. The van der Waals surface area contributed by atoms with Crippen molar-refractivity contribution in [1.29, 1.82) is 0 Å². The molecule has 1 aliphatic heterocycles. The number of likely N-dealkylation sites (N-methyl/N-ethyl adjacent to an activating group) is 1. The van der Waals surface area contributed by atoms with E-state index in [-0.39, 0.29) is 0 Å². The lowest BCUT2D eigenvalue weighted by Crippen LogP contribution is -2.44. The summed E-state index contributed by atoms with van der Waals surface area (Å²) in [5.41, 5.74) is 2.50. The predicted octanol–water partition coefficient (Wildman–Crippen LogP) is 1.28. The number of nitrogens with one attached hydrogen (secondary N) is 1. The van der Waals surface area contributed by atoms with Crippen molar-refractivity contribution in [3.8, 4) is 0 Å². The molecule has 1 atom stereocenters. The van der Waals surface area contributed by atoms with Crippen molar-refractivity contribution >= 4 is 16.3 Å². The first-order chi connectivity index (χ1) is 7.77. The first-order valence-corrected chi connectivity index (χ1v) is 6.48. The van der Waals surface area contributed by atoms with E-state index in [1.165, 1.54) is 5.69 Å². The molecule has 1 fully saturated rings. The summed E-state index contributed by atoms with van der Waals surface area (Å²) in [7, 11) is 2.19. The fraction of sp³-hybridized carbons (Fsp3) is 0.545. The number of piperazine rings is 1. The minimum absolute atomic E-state index is 0.443. The van der Waals surface area contributed by atoms with Crippen molar-refractivity contribution in [3.05, 3.63) is 23.0 Å². The van der Waals surface area contributed by atoms with Gasteiger partial charge in [-0.15, -0.1) is 11.3 Å². The number of fused-ring (bicyclic) bond motifs is 1. The number of thiazole rings is 1. The molecule has 0 saturated carbocycles. The molecule has 5 heteroatoms. The van der Waals surface area contributed by atoms with Gasteiger partial charge in [-0.25, -0.2) is 4.98 Å². The average molecular weight is 236 g/mol. The molecule has 0 spiro atoms. The first-order valence-electron chi connectivity index (χ1n) is 5.60. The van der Waals surface area contributed by atoms with Gasteiger partial charge in [-0.1, -0.05) is 0 Å². The SMILES string of the molecule is Cc1nc2sccn2c1C1CNCCN1C. The van der Waals surface area contributed by atoms with E-state index in [1.54, 1.807) is 11.3 Å². The van der Waals surface area contributed by atoms with Crippen LogP contribution in [0.15, 0.2) is 11.6 Å². The lowest BCUT2D eigenvalue weighted by Gasteiger charge is -2.33. The highest BCUT2D eigenvalue weighted by atomic mass is 32.1. The van der Waals surface area contributed by atoms with Crippen LogP contribution in [0.25, 0.3) is 4.96 Å². The summed E-state index contributed by atoms with van der Waals surface area (Å²) in [5, 5.41) is 5.56. The predicted molar refractivity (Wildman–Crippen MR) is 66.0 cm³/mol. The molecule has 0 radical (unpaired) electrons. The van der Waals surface area contributed by atoms with E-state index < -0.39 is 0 Å². The van der Waals surface area contributed by atoms with E-state index in [0.29, 0.717) is 6.04 Å². The van der Waals surface area contributed by atoms with Crippen molar-refractivity contribution in [2.45, 2.75) is 13.0 Å². The lowest BCUT2D eigenvalue weighted by molar-refractivity contribution is 0.197. The molecule has 0 amide bonds. The minimum atomic E-state index is 0.443. The van der Waals surface area contributed by atoms with Crippen LogP contribution in [0.2, 0.25) is 0 Å². The van der Waals surface area contributed by atoms with Crippen LogP contribution in [0.1, 0.15) is 17.4 Å². The van der Waals surface area contributed by atoms with Crippen LogP contribution in [0, 0.1) is 6.92 Å². The minimum Gasteiger partial charge on any atom is -0.313 e. The third kappa shape index (κ3) is 1.47. The van der Waals surface area contributed by atoms with Gasteiger partial charge >= 0.3 is 0 Å². The van der Waals surface area contributed by atoms with Crippen LogP contribution in [0.3, 0.4) is 0 Å². The maximum atomic E-state index is 4.61. The summed E-state index contributed by atoms with van der Waals surface area (Å²) in [6, 6.07) is 0.443. The van der Waals surface area contributed by atoms with E-state index in [4.69, 9.17) is 0 Å². The Labute approximate surface area is 98.9 Å². The van der Waals surface area contributed by atoms with Gasteiger partial charge in [0.25, 0.3) is 0 Å². The Balaban J connectivity index is 2.09. The van der Waals surface area contributed by atoms with Gasteiger partial charge in [0.1, 0.15) is 0 Å². The van der Waals surface area contributed by atoms with Crippen LogP contribution in [0.5, 0.6) is 0 Å². The third-order valence-corrected chi connectivity index (χ3v) is 4.07. The molecule has 1 N–H and O–H groups in total. The zero-order chi connectivity index (χ0) is 11.1. The van der Waals surface area contributed by atoms with Gasteiger partial charge in [-0.2, -0.15) is 0 Å². The molecule has 0 aromatic carbocycles. The van der Waals surface area contributed by atoms with Crippen LogP contribution < -0.4 is 5.32 Å². The second kappa shape index (κ2) is 3.84. The van der Waals surface area contributed by atoms with Gasteiger partial charge in [-0.05, 0) is 14.0 Å². The highest BCUT2D eigenvalue weighted by molar-refractivity contribution is 7.15. The number of hydrogen-bond donors (Lipinski definition) is 1. The molecule has 2 aromatic rings. The number of imidazole rings is 1. The number of aryl methyl sites for hydroxylation is 1. The first kappa shape index (κ1) is 10.3. The monoisotopic (exact) mass is 236 g/mol. The fourth-order valence-electron chi connectivity index (χ4n) is 2.42. The molecule has 1 unspecified atom stereocenters. The number of nitrogens with zero attached hydrogens (tertiary/aromatic N) is 3. The van der Waals surface area contributed by atoms with Crippen molar-refractivity contribution in [3.63, 3.8) is 0 Å². The molecule has 3 rings (SSSR count). The second-order valence-electron chi connectivity index (χ2n) is 4.34. The van der Waals surface area contributed by atoms with Crippen LogP contribution in [-0.2, 0) is 0 Å². The summed E-state index contributed by atoms with van der Waals surface area (Å²) in [4.78, 5) is 8.12. The Bertz CT molecular complexity index is 501. The fourth-order valence-corrected chi connectivity index (χ4v) is 3.19. The number of aromatic nitrogens is 2. The van der Waals surface area contributed by atoms with Crippen LogP contribution >= 0.6 is 11.3 Å². The van der Waals surface area contributed by atoms with Crippen molar-refractivity contribution in [2.24, 2.45) is 0 Å². The van der Waals surface area contributed by atoms with E-state index in [1.807, 2.05) is 0 Å². The molecule has 1 aliphatic rings. The molecule has 86 valence electrons. The smallest absolute Gasteiger partial charge is 0.194 e. The Morgan fingerprint density at radius 1 is 1.56 bits per heavy atom. The van der Waals surface area contributed by atoms with E-state index in [9.17, 15) is 0 Å². The largest absolute Gasteiger partial charge is 0.313 e. The molecule has 2 aromatic heterocycles. The van der Waals surface area contributed by atoms with Crippen molar-refractivity contribution < 1.29 is 0 Å². The third-order valence-electron chi connectivity index (χ3n) is 3.31. The highest BCUT2D eigenvalue weighted by Gasteiger charge is 2.25. The topological polar surface area (TPSA) is 32.6 Å². The highest BCUT2D eigenvalue weighted by Crippen LogP contribution is 2.26. The van der Waals surface area contributed by atoms with E-state index in [2.05, 4.69) is 45.1 Å². The van der Waals surface area contributed by atoms with E-state index >= 15 is 0 Å². The normalized spacial score (nSPS) is 23.0. The Hall–Kier alpha value is -0.910. The summed E-state index contributed by atoms with van der Waals surface area (Å²) < 4.78 is 2.23. The molecule has 4 nitrogen and oxygen atoms in total. The molecule has 0 aliphatic carbocycles. The van der Waals surface area contributed by atoms with Gasteiger partial charge in [0.05, 0.1) is 17.4 Å². The molecule has 16 heavy (non-hydrogen) atoms. The zero-order valence-corrected chi connectivity index (χ0v) is 10.4. The van der Waals surface area contributed by atoms with Gasteiger partial charge in [0.2, 0.25) is 0 Å². The number of rotatable bonds is 1. The zero-order valence-electron chi connectivity index (χ0n) is 9.60. The summed E-state index contributed by atoms with van der Waals surface area (Å²) in [5.74, 6) is 0. The van der Waals surface area contributed by atoms with Crippen molar-refractivity contribution in [1.82, 2.24) is 19.6 Å². The Kier molecular flexibility index (Phi) is 2.46. The summed E-state index contributed by atoms with van der Waals surface area (Å²) >= 11 is 1.70. The average Bonchev–Trinajstić information content (AvgIpc) is 2.79. The van der Waals surface area contributed by atoms with Gasteiger partial charge in [-0.3, -0.25) is 9.30 Å².